The van der Waals surface area contributed by atoms with Gasteiger partial charge in [-0.1, -0.05) is 37.3 Å². The van der Waals surface area contributed by atoms with Crippen LogP contribution in [-0.2, 0) is 14.8 Å². The van der Waals surface area contributed by atoms with E-state index in [4.69, 9.17) is 0 Å². The predicted molar refractivity (Wildman–Crippen MR) is 103 cm³/mol. The SMILES string of the molecule is CCC(=O)Nc1nnc(S(=O)(=O)Nc2ccccc2C(=O)N[C@@H](C)CC)s1. The molecule has 0 aliphatic carbocycles. The molecule has 9 nitrogen and oxygen atoms in total. The zero-order chi connectivity index (χ0) is 20.0. The fraction of sp³-hybridized carbons (Fsp3) is 0.375. The number of carbonyl (C=O) groups is 2. The zero-order valence-electron chi connectivity index (χ0n) is 15.1. The van der Waals surface area contributed by atoms with Crippen molar-refractivity contribution in [2.24, 2.45) is 0 Å². The lowest BCUT2D eigenvalue weighted by Gasteiger charge is -2.14. The van der Waals surface area contributed by atoms with Crippen molar-refractivity contribution in [3.63, 3.8) is 0 Å². The number of hydrogen-bond acceptors (Lipinski definition) is 7. The number of nitrogens with zero attached hydrogens (tertiary/aromatic N) is 2. The van der Waals surface area contributed by atoms with E-state index in [0.29, 0.717) is 0 Å². The number of anilines is 2. The molecule has 0 saturated heterocycles. The van der Waals surface area contributed by atoms with Crippen LogP contribution in [0.3, 0.4) is 0 Å². The molecule has 1 aromatic carbocycles. The molecule has 2 rings (SSSR count). The Hall–Kier alpha value is -2.53. The minimum Gasteiger partial charge on any atom is -0.350 e. The van der Waals surface area contributed by atoms with E-state index in [0.717, 1.165) is 17.8 Å². The second-order valence-corrected chi connectivity index (χ2v) is 8.54. The average molecular weight is 412 g/mol. The van der Waals surface area contributed by atoms with E-state index in [1.165, 1.54) is 12.1 Å². The lowest BCUT2D eigenvalue weighted by atomic mass is 10.1. The Kier molecular flexibility index (Phi) is 6.86. The summed E-state index contributed by atoms with van der Waals surface area (Å²) in [6, 6.07) is 6.24. The number of amides is 2. The first kappa shape index (κ1) is 20.8. The number of rotatable bonds is 8. The van der Waals surface area contributed by atoms with Gasteiger partial charge in [0.15, 0.2) is 0 Å². The second-order valence-electron chi connectivity index (χ2n) is 5.71. The van der Waals surface area contributed by atoms with Crippen LogP contribution in [0, 0.1) is 0 Å². The molecule has 11 heteroatoms. The highest BCUT2D eigenvalue weighted by atomic mass is 32.2. The fourth-order valence-corrected chi connectivity index (χ4v) is 3.94. The molecule has 3 N–H and O–H groups in total. The number of benzene rings is 1. The summed E-state index contributed by atoms with van der Waals surface area (Å²) in [7, 11) is -4.06. The van der Waals surface area contributed by atoms with Crippen molar-refractivity contribution >= 4 is 44.0 Å². The Morgan fingerprint density at radius 3 is 2.56 bits per heavy atom. The summed E-state index contributed by atoms with van der Waals surface area (Å²) >= 11 is 0.726. The summed E-state index contributed by atoms with van der Waals surface area (Å²) in [6.45, 7) is 5.46. The molecule has 1 heterocycles. The highest BCUT2D eigenvalue weighted by molar-refractivity contribution is 7.94. The summed E-state index contributed by atoms with van der Waals surface area (Å²) in [5.74, 6) is -0.675. The quantitative estimate of drug-likeness (QED) is 0.571. The van der Waals surface area contributed by atoms with Gasteiger partial charge in [0.25, 0.3) is 20.3 Å². The third kappa shape index (κ3) is 5.47. The normalized spacial score (nSPS) is 12.3. The molecule has 0 fully saturated rings. The van der Waals surface area contributed by atoms with E-state index < -0.39 is 10.0 Å². The van der Waals surface area contributed by atoms with E-state index in [2.05, 4.69) is 25.6 Å². The van der Waals surface area contributed by atoms with Crippen molar-refractivity contribution < 1.29 is 18.0 Å². The summed E-state index contributed by atoms with van der Waals surface area (Å²) in [4.78, 5) is 23.8. The lowest BCUT2D eigenvalue weighted by Crippen LogP contribution is -2.32. The van der Waals surface area contributed by atoms with Gasteiger partial charge in [-0.05, 0) is 25.5 Å². The van der Waals surface area contributed by atoms with Crippen LogP contribution in [0.25, 0.3) is 0 Å². The maximum Gasteiger partial charge on any atom is 0.291 e. The van der Waals surface area contributed by atoms with Crippen LogP contribution in [0.1, 0.15) is 44.0 Å². The Morgan fingerprint density at radius 2 is 1.89 bits per heavy atom. The maximum atomic E-state index is 12.6. The second kappa shape index (κ2) is 8.91. The topological polar surface area (TPSA) is 130 Å². The van der Waals surface area contributed by atoms with E-state index in [1.54, 1.807) is 19.1 Å². The Morgan fingerprint density at radius 1 is 1.19 bits per heavy atom. The van der Waals surface area contributed by atoms with E-state index >= 15 is 0 Å². The summed E-state index contributed by atoms with van der Waals surface area (Å²) in [5, 5.41) is 12.6. The first-order chi connectivity index (χ1) is 12.8. The van der Waals surface area contributed by atoms with Crippen LogP contribution < -0.4 is 15.4 Å². The molecule has 0 radical (unpaired) electrons. The van der Waals surface area contributed by atoms with E-state index in [1.807, 2.05) is 13.8 Å². The fourth-order valence-electron chi connectivity index (χ4n) is 1.94. The highest BCUT2D eigenvalue weighted by Crippen LogP contribution is 2.24. The molecule has 0 saturated carbocycles. The van der Waals surface area contributed by atoms with Gasteiger partial charge in [-0.25, -0.2) is 0 Å². The number of para-hydroxylation sites is 1. The molecule has 146 valence electrons. The monoisotopic (exact) mass is 411 g/mol. The first-order valence-electron chi connectivity index (χ1n) is 8.32. The van der Waals surface area contributed by atoms with Crippen LogP contribution in [0.2, 0.25) is 0 Å². The summed E-state index contributed by atoms with van der Waals surface area (Å²) < 4.78 is 27.2. The van der Waals surface area contributed by atoms with Gasteiger partial charge in [0.1, 0.15) is 0 Å². The van der Waals surface area contributed by atoms with Gasteiger partial charge in [-0.2, -0.15) is 8.42 Å². The molecular formula is C16H21N5O4S2. The Balaban J connectivity index is 2.23. The smallest absolute Gasteiger partial charge is 0.291 e. The largest absolute Gasteiger partial charge is 0.350 e. The van der Waals surface area contributed by atoms with Crippen LogP contribution in [-0.4, -0.2) is 36.5 Å². The number of aromatic nitrogens is 2. The van der Waals surface area contributed by atoms with Crippen LogP contribution in [0.4, 0.5) is 10.8 Å². The Labute approximate surface area is 161 Å². The highest BCUT2D eigenvalue weighted by Gasteiger charge is 2.23. The molecule has 0 bridgehead atoms. The van der Waals surface area contributed by atoms with Gasteiger partial charge in [0.05, 0.1) is 11.3 Å². The van der Waals surface area contributed by atoms with Crippen LogP contribution in [0.5, 0.6) is 0 Å². The van der Waals surface area contributed by atoms with Crippen molar-refractivity contribution in [2.45, 2.75) is 44.0 Å². The number of sulfonamides is 1. The molecule has 0 aliphatic rings. The number of nitrogens with one attached hydrogen (secondary N) is 3. The van der Waals surface area contributed by atoms with Crippen molar-refractivity contribution in [1.29, 1.82) is 0 Å². The van der Waals surface area contributed by atoms with Crippen LogP contribution in [0.15, 0.2) is 28.6 Å². The van der Waals surface area contributed by atoms with Gasteiger partial charge >= 0.3 is 0 Å². The molecule has 2 amide bonds. The third-order valence-electron chi connectivity index (χ3n) is 3.61. The molecule has 0 spiro atoms. The number of carbonyl (C=O) groups excluding carboxylic acids is 2. The summed E-state index contributed by atoms with van der Waals surface area (Å²) in [5.41, 5.74) is 0.332. The molecule has 0 unspecified atom stereocenters. The molecule has 1 aromatic heterocycles. The number of hydrogen-bond donors (Lipinski definition) is 3. The minimum absolute atomic E-state index is 0.0462. The maximum absolute atomic E-state index is 12.6. The van der Waals surface area contributed by atoms with E-state index in [9.17, 15) is 18.0 Å². The first-order valence-corrected chi connectivity index (χ1v) is 10.6. The van der Waals surface area contributed by atoms with Gasteiger partial charge in [-0.3, -0.25) is 14.3 Å². The Bertz CT molecular complexity index is 926. The van der Waals surface area contributed by atoms with E-state index in [-0.39, 0.29) is 45.0 Å². The molecule has 27 heavy (non-hydrogen) atoms. The standard InChI is InChI=1S/C16H21N5O4S2/c1-4-10(3)17-14(23)11-8-6-7-9-12(11)21-27(24,25)16-20-19-15(26-16)18-13(22)5-2/h6-10,21H,4-5H2,1-3H3,(H,17,23)(H,18,19,22)/t10-/m0/s1. The molecule has 1 atom stereocenters. The van der Waals surface area contributed by atoms with Gasteiger partial charge in [0, 0.05) is 12.5 Å². The molecular weight excluding hydrogens is 390 g/mol. The average Bonchev–Trinajstić information content (AvgIpc) is 3.11. The molecule has 2 aromatic rings. The van der Waals surface area contributed by atoms with Crippen molar-refractivity contribution in [3.8, 4) is 0 Å². The molecule has 0 aliphatic heterocycles. The summed E-state index contributed by atoms with van der Waals surface area (Å²) in [6.07, 6.45) is 0.981. The lowest BCUT2D eigenvalue weighted by molar-refractivity contribution is -0.115. The van der Waals surface area contributed by atoms with Crippen molar-refractivity contribution in [3.05, 3.63) is 29.8 Å². The predicted octanol–water partition coefficient (Wildman–Crippen LogP) is 2.22. The minimum atomic E-state index is -4.06. The zero-order valence-corrected chi connectivity index (χ0v) is 16.8. The van der Waals surface area contributed by atoms with Gasteiger partial charge < -0.3 is 10.6 Å². The van der Waals surface area contributed by atoms with Gasteiger partial charge in [0.2, 0.25) is 11.0 Å². The van der Waals surface area contributed by atoms with Crippen LogP contribution >= 0.6 is 11.3 Å². The van der Waals surface area contributed by atoms with Crippen molar-refractivity contribution in [2.75, 3.05) is 10.0 Å². The van der Waals surface area contributed by atoms with Gasteiger partial charge in [-0.15, -0.1) is 10.2 Å². The third-order valence-corrected chi connectivity index (χ3v) is 6.18. The van der Waals surface area contributed by atoms with Crippen molar-refractivity contribution in [1.82, 2.24) is 15.5 Å².